The van der Waals surface area contributed by atoms with Crippen LogP contribution in [-0.2, 0) is 16.0 Å². The molecule has 1 fully saturated rings. The Morgan fingerprint density at radius 3 is 2.46 bits per heavy atom. The van der Waals surface area contributed by atoms with Crippen molar-refractivity contribution in [3.8, 4) is 11.5 Å². The van der Waals surface area contributed by atoms with Crippen LogP contribution in [0.2, 0.25) is 0 Å². The van der Waals surface area contributed by atoms with Gasteiger partial charge in [-0.3, -0.25) is 9.59 Å². The average molecular weight is 561 g/mol. The van der Waals surface area contributed by atoms with Crippen molar-refractivity contribution in [2.45, 2.75) is 12.5 Å². The molecule has 0 aliphatic carbocycles. The van der Waals surface area contributed by atoms with Crippen LogP contribution < -0.4 is 9.47 Å². The van der Waals surface area contributed by atoms with Crippen molar-refractivity contribution in [1.29, 1.82) is 0 Å². The Morgan fingerprint density at radius 1 is 1.00 bits per heavy atom. The largest absolute Gasteiger partial charge is 0.507 e. The van der Waals surface area contributed by atoms with Gasteiger partial charge in [0.15, 0.2) is 0 Å². The fraction of sp³-hybridized carbons (Fsp3) is 0.172. The highest BCUT2D eigenvalue weighted by Crippen LogP contribution is 2.40. The molecule has 188 valence electrons. The van der Waals surface area contributed by atoms with E-state index < -0.39 is 17.7 Å². The van der Waals surface area contributed by atoms with Crippen molar-refractivity contribution in [2.24, 2.45) is 0 Å². The van der Waals surface area contributed by atoms with Gasteiger partial charge in [-0.05, 0) is 60.0 Å². The minimum atomic E-state index is -0.765. The molecule has 8 heteroatoms. The van der Waals surface area contributed by atoms with Gasteiger partial charge < -0.3 is 24.5 Å². The van der Waals surface area contributed by atoms with Crippen molar-refractivity contribution in [3.63, 3.8) is 0 Å². The van der Waals surface area contributed by atoms with Crippen LogP contribution in [0, 0.1) is 0 Å². The van der Waals surface area contributed by atoms with Gasteiger partial charge in [0.25, 0.3) is 11.7 Å². The van der Waals surface area contributed by atoms with Crippen molar-refractivity contribution < 1.29 is 24.2 Å². The van der Waals surface area contributed by atoms with E-state index in [1.807, 2.05) is 30.5 Å². The number of nitrogens with zero attached hydrogens (tertiary/aromatic N) is 1. The summed E-state index contributed by atoms with van der Waals surface area (Å²) in [5, 5.41) is 12.2. The lowest BCUT2D eigenvalue weighted by atomic mass is 9.95. The molecule has 1 aromatic heterocycles. The first kappa shape index (κ1) is 24.6. The van der Waals surface area contributed by atoms with Crippen molar-refractivity contribution in [1.82, 2.24) is 9.88 Å². The van der Waals surface area contributed by atoms with E-state index in [0.717, 1.165) is 26.7 Å². The Kier molecular flexibility index (Phi) is 6.76. The molecule has 1 unspecified atom stereocenters. The minimum Gasteiger partial charge on any atom is -0.507 e. The highest BCUT2D eigenvalue weighted by Gasteiger charge is 2.46. The lowest BCUT2D eigenvalue weighted by Crippen LogP contribution is -2.31. The summed E-state index contributed by atoms with van der Waals surface area (Å²) in [6, 6.07) is 19.2. The first-order chi connectivity index (χ1) is 17.9. The number of benzene rings is 3. The molecule has 5 rings (SSSR count). The van der Waals surface area contributed by atoms with Crippen LogP contribution >= 0.6 is 15.9 Å². The molecule has 1 aliphatic rings. The lowest BCUT2D eigenvalue weighted by molar-refractivity contribution is -0.139. The summed E-state index contributed by atoms with van der Waals surface area (Å²) < 4.78 is 11.6. The molecule has 37 heavy (non-hydrogen) atoms. The van der Waals surface area contributed by atoms with Gasteiger partial charge in [0, 0.05) is 33.7 Å². The maximum Gasteiger partial charge on any atom is 0.295 e. The fourth-order valence-electron chi connectivity index (χ4n) is 4.76. The van der Waals surface area contributed by atoms with E-state index in [-0.39, 0.29) is 17.9 Å². The summed E-state index contributed by atoms with van der Waals surface area (Å²) in [4.78, 5) is 31.4. The number of ether oxygens (including phenoxy) is 2. The van der Waals surface area contributed by atoms with E-state index in [1.54, 1.807) is 56.7 Å². The third kappa shape index (κ3) is 4.60. The lowest BCUT2D eigenvalue weighted by Gasteiger charge is -2.25. The fourth-order valence-corrected chi connectivity index (χ4v) is 5.03. The molecule has 1 aliphatic heterocycles. The number of amides is 1. The summed E-state index contributed by atoms with van der Waals surface area (Å²) in [7, 11) is 3.18. The molecule has 2 N–H and O–H groups in total. The molecule has 0 spiro atoms. The van der Waals surface area contributed by atoms with Crippen LogP contribution in [0.1, 0.15) is 22.7 Å². The first-order valence-electron chi connectivity index (χ1n) is 11.7. The molecule has 3 aromatic carbocycles. The van der Waals surface area contributed by atoms with Crippen molar-refractivity contribution in [3.05, 3.63) is 99.7 Å². The molecule has 2 heterocycles. The number of aromatic nitrogens is 1. The summed E-state index contributed by atoms with van der Waals surface area (Å²) in [6.45, 7) is 0.272. The van der Waals surface area contributed by atoms with Crippen molar-refractivity contribution >= 4 is 44.3 Å². The van der Waals surface area contributed by atoms with E-state index in [9.17, 15) is 14.7 Å². The third-order valence-electron chi connectivity index (χ3n) is 6.66. The molecular formula is C29H25BrN2O5. The smallest absolute Gasteiger partial charge is 0.295 e. The van der Waals surface area contributed by atoms with Gasteiger partial charge in [0.2, 0.25) is 0 Å². The number of Topliss-reactive ketones (excluding diaryl/α,β-unsaturated/α-hetero) is 1. The summed E-state index contributed by atoms with van der Waals surface area (Å²) in [5.74, 6) is -0.245. The molecule has 1 atom stereocenters. The number of likely N-dealkylation sites (tertiary alicyclic amines) is 1. The predicted molar refractivity (Wildman–Crippen MR) is 145 cm³/mol. The van der Waals surface area contributed by atoms with Crippen LogP contribution in [0.25, 0.3) is 16.7 Å². The molecule has 0 saturated carbocycles. The molecule has 4 aromatic rings. The number of hydrogen-bond donors (Lipinski definition) is 2. The van der Waals surface area contributed by atoms with Crippen LogP contribution in [0.5, 0.6) is 11.5 Å². The number of ketones is 1. The number of hydrogen-bond acceptors (Lipinski definition) is 5. The van der Waals surface area contributed by atoms with Crippen LogP contribution in [0.3, 0.4) is 0 Å². The molecular weight excluding hydrogens is 536 g/mol. The number of carbonyl (C=O) groups excluding carboxylic acids is 2. The number of carbonyl (C=O) groups is 2. The van der Waals surface area contributed by atoms with Gasteiger partial charge in [-0.1, -0.05) is 40.2 Å². The van der Waals surface area contributed by atoms with Crippen LogP contribution in [0.15, 0.2) is 83.0 Å². The molecule has 1 amide bonds. The molecule has 0 radical (unpaired) electrons. The van der Waals surface area contributed by atoms with Gasteiger partial charge in [-0.25, -0.2) is 0 Å². The Morgan fingerprint density at radius 2 is 1.73 bits per heavy atom. The second-order valence-electron chi connectivity index (χ2n) is 8.75. The van der Waals surface area contributed by atoms with Crippen LogP contribution in [-0.4, -0.2) is 47.4 Å². The summed E-state index contributed by atoms with van der Waals surface area (Å²) in [6.07, 6.45) is 2.40. The van der Waals surface area contributed by atoms with Gasteiger partial charge in [0.05, 0.1) is 25.8 Å². The first-order valence-corrected chi connectivity index (χ1v) is 12.5. The summed E-state index contributed by atoms with van der Waals surface area (Å²) >= 11 is 3.39. The zero-order valence-corrected chi connectivity index (χ0v) is 21.9. The van der Waals surface area contributed by atoms with E-state index in [1.165, 1.54) is 4.90 Å². The Hall–Kier alpha value is -4.04. The van der Waals surface area contributed by atoms with Gasteiger partial charge in [-0.2, -0.15) is 0 Å². The maximum absolute atomic E-state index is 13.3. The number of methoxy groups -OCH3 is 2. The van der Waals surface area contributed by atoms with E-state index in [2.05, 4.69) is 20.9 Å². The molecule has 0 bridgehead atoms. The van der Waals surface area contributed by atoms with Crippen LogP contribution in [0.4, 0.5) is 0 Å². The Labute approximate surface area is 222 Å². The second kappa shape index (κ2) is 10.1. The highest BCUT2D eigenvalue weighted by atomic mass is 79.9. The maximum atomic E-state index is 13.3. The van der Waals surface area contributed by atoms with E-state index in [4.69, 9.17) is 9.47 Å². The van der Waals surface area contributed by atoms with E-state index in [0.29, 0.717) is 23.3 Å². The topological polar surface area (TPSA) is 91.9 Å². The quantitative estimate of drug-likeness (QED) is 0.174. The molecule has 1 saturated heterocycles. The number of rotatable bonds is 7. The monoisotopic (exact) mass is 560 g/mol. The normalized spacial score (nSPS) is 16.9. The number of aromatic amines is 1. The molecule has 7 nitrogen and oxygen atoms in total. The number of nitrogens with one attached hydrogen (secondary N) is 1. The Bertz CT molecular complexity index is 1520. The zero-order valence-electron chi connectivity index (χ0n) is 20.3. The SMILES string of the molecule is COc1cccc(C2/C(=C(/O)c3ccc(Br)cc3)C(=O)C(=O)N2CCc2c[nH]c3ccc(OC)cc23)c1. The van der Waals surface area contributed by atoms with Gasteiger partial charge in [-0.15, -0.1) is 0 Å². The average Bonchev–Trinajstić information content (AvgIpc) is 3.44. The Balaban J connectivity index is 1.56. The number of H-pyrrole nitrogens is 1. The predicted octanol–water partition coefficient (Wildman–Crippen LogP) is 5.61. The second-order valence-corrected chi connectivity index (χ2v) is 9.67. The minimum absolute atomic E-state index is 0.0566. The number of aliphatic hydroxyl groups is 1. The standard InChI is InChI=1S/C29H25BrN2O5/c1-36-21-5-3-4-18(14-21)26-25(27(33)17-6-8-20(30)9-7-17)28(34)29(35)32(26)13-12-19-16-31-24-11-10-22(37-2)15-23(19)24/h3-11,14-16,26,31,33H,12-13H2,1-2H3/b27-25-. The van der Waals surface area contributed by atoms with E-state index >= 15 is 0 Å². The summed E-state index contributed by atoms with van der Waals surface area (Å²) in [5.41, 5.74) is 3.14. The highest BCUT2D eigenvalue weighted by molar-refractivity contribution is 9.10. The van der Waals surface area contributed by atoms with Gasteiger partial charge in [0.1, 0.15) is 17.3 Å². The number of fused-ring (bicyclic) bond motifs is 1. The zero-order chi connectivity index (χ0) is 26.1. The van der Waals surface area contributed by atoms with Crippen molar-refractivity contribution in [2.75, 3.05) is 20.8 Å². The van der Waals surface area contributed by atoms with Gasteiger partial charge >= 0.3 is 0 Å². The number of aliphatic hydroxyl groups excluding tert-OH is 1. The number of halogens is 1. The third-order valence-corrected chi connectivity index (χ3v) is 7.19.